The zero-order chi connectivity index (χ0) is 27.2. The highest BCUT2D eigenvalue weighted by Crippen LogP contribution is 2.30. The molecule has 1 aromatic carbocycles. The van der Waals surface area contributed by atoms with Crippen molar-refractivity contribution in [2.75, 3.05) is 19.6 Å². The number of carbonyl (C=O) groups excluding carboxylic acids is 3. The van der Waals surface area contributed by atoms with E-state index in [0.29, 0.717) is 42.0 Å². The van der Waals surface area contributed by atoms with Gasteiger partial charge in [-0.1, -0.05) is 0 Å². The summed E-state index contributed by atoms with van der Waals surface area (Å²) in [5.74, 6) is -2.48. The minimum atomic E-state index is -4.84. The van der Waals surface area contributed by atoms with E-state index >= 15 is 0 Å². The van der Waals surface area contributed by atoms with Gasteiger partial charge >= 0.3 is 12.2 Å². The van der Waals surface area contributed by atoms with E-state index in [1.807, 2.05) is 13.8 Å². The topological polar surface area (TPSA) is 94.6 Å². The smallest absolute Gasteiger partial charge is 0.339 e. The van der Waals surface area contributed by atoms with Gasteiger partial charge in [-0.3, -0.25) is 20.0 Å². The second-order valence-electron chi connectivity index (χ2n) is 7.99. The molecule has 2 aromatic rings. The predicted octanol–water partition coefficient (Wildman–Crippen LogP) is 4.47. The highest BCUT2D eigenvalue weighted by molar-refractivity contribution is 5.95. The van der Waals surface area contributed by atoms with Crippen molar-refractivity contribution in [1.82, 2.24) is 25.6 Å². The predicted molar refractivity (Wildman–Crippen MR) is 124 cm³/mol. The minimum Gasteiger partial charge on any atom is -0.339 e. The Bertz CT molecular complexity index is 1120. The molecule has 196 valence electrons. The zero-order valence-corrected chi connectivity index (χ0v) is 20.7. The van der Waals surface area contributed by atoms with E-state index in [2.05, 4.69) is 15.7 Å². The quantitative estimate of drug-likeness (QED) is 0.424. The first-order valence-corrected chi connectivity index (χ1v) is 11.3. The van der Waals surface area contributed by atoms with Gasteiger partial charge in [0.1, 0.15) is 5.82 Å². The van der Waals surface area contributed by atoms with Crippen molar-refractivity contribution in [1.29, 1.82) is 0 Å². The Morgan fingerprint density at radius 2 is 1.64 bits per heavy atom. The van der Waals surface area contributed by atoms with E-state index in [1.54, 1.807) is 24.8 Å². The number of rotatable bonds is 7. The van der Waals surface area contributed by atoms with Crippen LogP contribution >= 0.6 is 0 Å². The van der Waals surface area contributed by atoms with Crippen LogP contribution in [0, 0.1) is 12.7 Å². The van der Waals surface area contributed by atoms with Crippen LogP contribution in [0.3, 0.4) is 0 Å². The lowest BCUT2D eigenvalue weighted by atomic mass is 10.1. The number of hydrogen-bond acceptors (Lipinski definition) is 4. The molecule has 0 fully saturated rings. The van der Waals surface area contributed by atoms with Crippen molar-refractivity contribution in [2.24, 2.45) is 0 Å². The van der Waals surface area contributed by atoms with Crippen molar-refractivity contribution in [3.8, 4) is 0 Å². The number of aryl methyl sites for hydroxylation is 1. The average Bonchev–Trinajstić information content (AvgIpc) is 2.81. The molecule has 1 atom stereocenters. The lowest BCUT2D eigenvalue weighted by Crippen LogP contribution is -2.51. The molecular formula is C24H29F4N5O3. The van der Waals surface area contributed by atoms with Crippen LogP contribution in [0.1, 0.15) is 71.3 Å². The van der Waals surface area contributed by atoms with E-state index < -0.39 is 41.1 Å². The second kappa shape index (κ2) is 11.8. The van der Waals surface area contributed by atoms with Gasteiger partial charge in [0.2, 0.25) is 0 Å². The number of hydrogen-bond donors (Lipinski definition) is 2. The standard InChI is InChI=1S/C24H29F4N5O3/c1-6-32(7-2)22(35)17-9-14(4)20(29-13-17)15(5)30-23(36)33(8-3)31-21(34)16-10-18(24(26,27)28)12-19(25)11-16/h9-13,15H,6-8H2,1-5H3,(H,30,36)(H,31,34)/t15-/m1/s1. The monoisotopic (exact) mass is 511 g/mol. The zero-order valence-electron chi connectivity index (χ0n) is 20.7. The SMILES string of the molecule is CCN(CC)C(=O)c1cnc([C@@H](C)NC(=O)N(CC)NC(=O)c2cc(F)cc(C(F)(F)F)c2)c(C)c1. The first-order chi connectivity index (χ1) is 16.8. The van der Waals surface area contributed by atoms with Crippen LogP contribution in [0.25, 0.3) is 0 Å². The molecule has 1 heterocycles. The molecule has 0 bridgehead atoms. The van der Waals surface area contributed by atoms with Gasteiger partial charge in [-0.15, -0.1) is 0 Å². The van der Waals surface area contributed by atoms with Gasteiger partial charge in [0.15, 0.2) is 0 Å². The van der Waals surface area contributed by atoms with E-state index in [-0.39, 0.29) is 18.5 Å². The molecule has 2 N–H and O–H groups in total. The van der Waals surface area contributed by atoms with Crippen LogP contribution in [-0.4, -0.2) is 52.4 Å². The summed E-state index contributed by atoms with van der Waals surface area (Å²) in [4.78, 5) is 43.7. The largest absolute Gasteiger partial charge is 0.416 e. The summed E-state index contributed by atoms with van der Waals surface area (Å²) in [6, 6.07) is 1.71. The molecule has 0 aliphatic rings. The number of amides is 4. The van der Waals surface area contributed by atoms with Crippen molar-refractivity contribution >= 4 is 17.8 Å². The number of nitrogens with one attached hydrogen (secondary N) is 2. The van der Waals surface area contributed by atoms with E-state index in [0.717, 1.165) is 5.01 Å². The minimum absolute atomic E-state index is 0.0323. The van der Waals surface area contributed by atoms with E-state index in [1.165, 1.54) is 13.1 Å². The average molecular weight is 512 g/mol. The highest BCUT2D eigenvalue weighted by Gasteiger charge is 2.32. The van der Waals surface area contributed by atoms with Crippen LogP contribution in [0.5, 0.6) is 0 Å². The molecule has 12 heteroatoms. The maximum absolute atomic E-state index is 13.7. The maximum Gasteiger partial charge on any atom is 0.416 e. The van der Waals surface area contributed by atoms with Crippen LogP contribution in [0.4, 0.5) is 22.4 Å². The lowest BCUT2D eigenvalue weighted by molar-refractivity contribution is -0.137. The molecule has 8 nitrogen and oxygen atoms in total. The van der Waals surface area contributed by atoms with Crippen LogP contribution in [-0.2, 0) is 6.18 Å². The number of benzene rings is 1. The van der Waals surface area contributed by atoms with Crippen molar-refractivity contribution in [2.45, 2.75) is 46.8 Å². The lowest BCUT2D eigenvalue weighted by Gasteiger charge is -2.25. The molecule has 0 spiro atoms. The number of urea groups is 1. The Hall–Kier alpha value is -3.70. The number of pyridine rings is 1. The summed E-state index contributed by atoms with van der Waals surface area (Å²) >= 11 is 0. The highest BCUT2D eigenvalue weighted by atomic mass is 19.4. The summed E-state index contributed by atoms with van der Waals surface area (Å²) in [6.45, 7) is 9.74. The number of hydrazine groups is 1. The number of carbonyl (C=O) groups is 3. The van der Waals surface area contributed by atoms with Gasteiger partial charge in [-0.2, -0.15) is 13.2 Å². The summed E-state index contributed by atoms with van der Waals surface area (Å²) in [6.07, 6.45) is -3.42. The normalized spacial score (nSPS) is 12.0. The fraction of sp³-hybridized carbons (Fsp3) is 0.417. The molecule has 0 saturated heterocycles. The first kappa shape index (κ1) is 28.5. The maximum atomic E-state index is 13.7. The molecule has 36 heavy (non-hydrogen) atoms. The van der Waals surface area contributed by atoms with Crippen molar-refractivity contribution in [3.05, 3.63) is 64.2 Å². The first-order valence-electron chi connectivity index (χ1n) is 11.3. The molecule has 0 aliphatic heterocycles. The molecule has 4 amide bonds. The van der Waals surface area contributed by atoms with Gasteiger partial charge in [-0.05, 0) is 64.4 Å². The Balaban J connectivity index is 2.14. The Labute approximate surface area is 206 Å². The van der Waals surface area contributed by atoms with Gasteiger partial charge in [0.25, 0.3) is 11.8 Å². The Kier molecular flexibility index (Phi) is 9.37. The number of halogens is 4. The Morgan fingerprint density at radius 1 is 1.00 bits per heavy atom. The van der Waals surface area contributed by atoms with Gasteiger partial charge in [-0.25, -0.2) is 14.2 Å². The summed E-state index contributed by atoms with van der Waals surface area (Å²) in [5.41, 5.74) is 1.83. The third-order valence-corrected chi connectivity index (χ3v) is 5.45. The number of nitrogens with zero attached hydrogens (tertiary/aromatic N) is 3. The molecule has 0 aliphatic carbocycles. The second-order valence-corrected chi connectivity index (χ2v) is 7.99. The Morgan fingerprint density at radius 3 is 2.17 bits per heavy atom. The van der Waals surface area contributed by atoms with Crippen molar-refractivity contribution < 1.29 is 31.9 Å². The molecule has 2 rings (SSSR count). The van der Waals surface area contributed by atoms with Crippen LogP contribution in [0.15, 0.2) is 30.5 Å². The van der Waals surface area contributed by atoms with Gasteiger partial charge in [0.05, 0.1) is 22.9 Å². The number of aromatic nitrogens is 1. The molecular weight excluding hydrogens is 482 g/mol. The summed E-state index contributed by atoms with van der Waals surface area (Å²) in [5, 5.41) is 3.50. The summed E-state index contributed by atoms with van der Waals surface area (Å²) < 4.78 is 52.5. The van der Waals surface area contributed by atoms with E-state index in [4.69, 9.17) is 0 Å². The fourth-order valence-corrected chi connectivity index (χ4v) is 3.53. The van der Waals surface area contributed by atoms with Crippen LogP contribution in [0.2, 0.25) is 0 Å². The summed E-state index contributed by atoms with van der Waals surface area (Å²) in [7, 11) is 0. The third kappa shape index (κ3) is 6.92. The third-order valence-electron chi connectivity index (χ3n) is 5.45. The van der Waals surface area contributed by atoms with Crippen molar-refractivity contribution in [3.63, 3.8) is 0 Å². The molecule has 0 unspecified atom stereocenters. The number of alkyl halides is 3. The fourth-order valence-electron chi connectivity index (χ4n) is 3.53. The molecule has 0 saturated carbocycles. The van der Waals surface area contributed by atoms with E-state index in [9.17, 15) is 31.9 Å². The molecule has 1 aromatic heterocycles. The van der Waals surface area contributed by atoms with Gasteiger partial charge < -0.3 is 10.2 Å². The van der Waals surface area contributed by atoms with Gasteiger partial charge in [0, 0.05) is 31.4 Å². The van der Waals surface area contributed by atoms with Crippen LogP contribution < -0.4 is 10.7 Å². The molecule has 0 radical (unpaired) electrons.